The predicted octanol–water partition coefficient (Wildman–Crippen LogP) is 2.16. The third-order valence-corrected chi connectivity index (χ3v) is 6.04. The van der Waals surface area contributed by atoms with Crippen LogP contribution in [0.4, 0.5) is 0 Å². The molecular weight excluding hydrogens is 363 g/mol. The third-order valence-electron chi connectivity index (χ3n) is 4.75. The van der Waals surface area contributed by atoms with E-state index >= 15 is 0 Å². The predicted molar refractivity (Wildman–Crippen MR) is 100 cm³/mol. The van der Waals surface area contributed by atoms with Crippen molar-refractivity contribution in [2.24, 2.45) is 0 Å². The molecule has 0 spiro atoms. The standard InChI is InChI=1S/C19H40O4S.K/c1-3-5-7-9-11-13-15-19(24(21,22)23)17-16-18(20)14-12-10-8-6-4-2;/h18-20H,3-17H2,1-2H3,(H,21,22,23);/q;+1/p-1. The van der Waals surface area contributed by atoms with E-state index in [1.54, 1.807) is 0 Å². The first kappa shape index (κ1) is 28.7. The summed E-state index contributed by atoms with van der Waals surface area (Å²) in [7, 11) is -4.25. The molecule has 0 amide bonds. The van der Waals surface area contributed by atoms with Crippen molar-refractivity contribution >= 4 is 10.1 Å². The van der Waals surface area contributed by atoms with E-state index < -0.39 is 21.5 Å². The number of aliphatic hydroxyl groups is 1. The first-order chi connectivity index (χ1) is 11.4. The molecule has 0 rings (SSSR count). The average Bonchev–Trinajstić information content (AvgIpc) is 2.52. The molecule has 0 aliphatic heterocycles. The Morgan fingerprint density at radius 3 is 1.64 bits per heavy atom. The fourth-order valence-corrected chi connectivity index (χ4v) is 3.97. The van der Waals surface area contributed by atoms with Crippen LogP contribution in [0.15, 0.2) is 0 Å². The maximum atomic E-state index is 11.4. The number of hydrogen-bond acceptors (Lipinski definition) is 4. The SMILES string of the molecule is CCCCCCCCC(CCC(O)CCCCCCC)S(=O)(=O)[O-].[K+]. The van der Waals surface area contributed by atoms with Gasteiger partial charge in [-0.25, -0.2) is 8.42 Å². The maximum Gasteiger partial charge on any atom is 1.00 e. The fraction of sp³-hybridized carbons (Fsp3) is 1.00. The molecule has 4 nitrogen and oxygen atoms in total. The van der Waals surface area contributed by atoms with Crippen LogP contribution in [0.2, 0.25) is 0 Å². The van der Waals surface area contributed by atoms with Crippen LogP contribution in [-0.2, 0) is 10.1 Å². The molecule has 0 aromatic heterocycles. The zero-order valence-corrected chi connectivity index (χ0v) is 20.8. The van der Waals surface area contributed by atoms with Crippen molar-refractivity contribution in [2.45, 2.75) is 122 Å². The van der Waals surface area contributed by atoms with Crippen LogP contribution < -0.4 is 51.4 Å². The second-order valence-corrected chi connectivity index (χ2v) is 8.76. The summed E-state index contributed by atoms with van der Waals surface area (Å²) in [5.41, 5.74) is 0. The second-order valence-electron chi connectivity index (χ2n) is 7.11. The van der Waals surface area contributed by atoms with E-state index in [1.807, 2.05) is 0 Å². The van der Waals surface area contributed by atoms with Crippen molar-refractivity contribution in [2.75, 3.05) is 0 Å². The summed E-state index contributed by atoms with van der Waals surface area (Å²) in [5, 5.41) is 9.17. The Kier molecular flexibility index (Phi) is 21.7. The van der Waals surface area contributed by atoms with Gasteiger partial charge in [0.2, 0.25) is 0 Å². The zero-order chi connectivity index (χ0) is 18.3. The molecule has 0 saturated heterocycles. The van der Waals surface area contributed by atoms with Gasteiger partial charge in [-0.1, -0.05) is 84.5 Å². The van der Waals surface area contributed by atoms with E-state index in [-0.39, 0.29) is 51.4 Å². The number of rotatable bonds is 17. The largest absolute Gasteiger partial charge is 1.00 e. The molecule has 0 bridgehead atoms. The van der Waals surface area contributed by atoms with Crippen molar-refractivity contribution in [1.82, 2.24) is 0 Å². The van der Waals surface area contributed by atoms with Crippen molar-refractivity contribution in [1.29, 1.82) is 0 Å². The average molecular weight is 403 g/mol. The molecule has 146 valence electrons. The van der Waals surface area contributed by atoms with Crippen LogP contribution >= 0.6 is 0 Å². The molecule has 2 atom stereocenters. The van der Waals surface area contributed by atoms with Crippen LogP contribution in [0.1, 0.15) is 110 Å². The Hall–Kier alpha value is 1.51. The number of unbranched alkanes of at least 4 members (excludes halogenated alkanes) is 9. The topological polar surface area (TPSA) is 77.4 Å². The van der Waals surface area contributed by atoms with Gasteiger partial charge >= 0.3 is 51.4 Å². The molecule has 2 unspecified atom stereocenters. The summed E-state index contributed by atoms with van der Waals surface area (Å²) in [6.07, 6.45) is 13.6. The molecule has 1 N–H and O–H groups in total. The smallest absolute Gasteiger partial charge is 0.748 e. The first-order valence-electron chi connectivity index (χ1n) is 10.0. The van der Waals surface area contributed by atoms with Gasteiger partial charge < -0.3 is 9.66 Å². The molecule has 6 heteroatoms. The Balaban J connectivity index is 0. The van der Waals surface area contributed by atoms with Crippen molar-refractivity contribution in [3.63, 3.8) is 0 Å². The minimum absolute atomic E-state index is 0. The number of hydrogen-bond donors (Lipinski definition) is 1. The van der Waals surface area contributed by atoms with Gasteiger partial charge in [0, 0.05) is 5.25 Å². The van der Waals surface area contributed by atoms with Gasteiger partial charge in [0.15, 0.2) is 0 Å². The van der Waals surface area contributed by atoms with Crippen LogP contribution in [0, 0.1) is 0 Å². The zero-order valence-electron chi connectivity index (χ0n) is 16.8. The van der Waals surface area contributed by atoms with E-state index in [0.29, 0.717) is 25.7 Å². The van der Waals surface area contributed by atoms with E-state index in [9.17, 15) is 18.1 Å². The summed E-state index contributed by atoms with van der Waals surface area (Å²) < 4.78 is 34.2. The summed E-state index contributed by atoms with van der Waals surface area (Å²) in [4.78, 5) is 0. The summed E-state index contributed by atoms with van der Waals surface area (Å²) in [6.45, 7) is 4.33. The Morgan fingerprint density at radius 1 is 0.720 bits per heavy atom. The quantitative estimate of drug-likeness (QED) is 0.230. The Morgan fingerprint density at radius 2 is 1.16 bits per heavy atom. The molecule has 0 aliphatic rings. The van der Waals surface area contributed by atoms with Gasteiger partial charge in [0.25, 0.3) is 0 Å². The number of aliphatic hydroxyl groups excluding tert-OH is 1. The fourth-order valence-electron chi connectivity index (χ4n) is 3.09. The van der Waals surface area contributed by atoms with Gasteiger partial charge in [-0.3, -0.25) is 0 Å². The molecule has 0 aromatic rings. The monoisotopic (exact) mass is 402 g/mol. The van der Waals surface area contributed by atoms with Crippen molar-refractivity contribution in [3.8, 4) is 0 Å². The summed E-state index contributed by atoms with van der Waals surface area (Å²) in [5.74, 6) is 0. The van der Waals surface area contributed by atoms with Gasteiger partial charge in [-0.05, 0) is 25.7 Å². The van der Waals surface area contributed by atoms with Crippen LogP contribution in [0.5, 0.6) is 0 Å². The van der Waals surface area contributed by atoms with Gasteiger partial charge in [0.05, 0.1) is 16.2 Å². The Bertz CT molecular complexity index is 374. The Labute approximate surface area is 199 Å². The van der Waals surface area contributed by atoms with E-state index in [0.717, 1.165) is 32.1 Å². The summed E-state index contributed by atoms with van der Waals surface area (Å²) >= 11 is 0. The first-order valence-corrected chi connectivity index (χ1v) is 11.5. The van der Waals surface area contributed by atoms with Gasteiger partial charge in [0.1, 0.15) is 0 Å². The minimum Gasteiger partial charge on any atom is -0.748 e. The maximum absolute atomic E-state index is 11.4. The van der Waals surface area contributed by atoms with Gasteiger partial charge in [-0.15, -0.1) is 0 Å². The van der Waals surface area contributed by atoms with Crippen molar-refractivity contribution in [3.05, 3.63) is 0 Å². The molecule has 0 heterocycles. The molecule has 0 radical (unpaired) electrons. The normalized spacial score (nSPS) is 14.1. The molecular formula is C19H39KO4S. The van der Waals surface area contributed by atoms with Crippen molar-refractivity contribution < 1.29 is 69.5 Å². The van der Waals surface area contributed by atoms with E-state index in [2.05, 4.69) is 13.8 Å². The third kappa shape index (κ3) is 18.6. The van der Waals surface area contributed by atoms with E-state index in [1.165, 1.54) is 38.5 Å². The molecule has 25 heavy (non-hydrogen) atoms. The molecule has 0 fully saturated rings. The van der Waals surface area contributed by atoms with Crippen LogP contribution in [0.25, 0.3) is 0 Å². The van der Waals surface area contributed by atoms with Crippen LogP contribution in [-0.4, -0.2) is 29.4 Å². The van der Waals surface area contributed by atoms with Gasteiger partial charge in [-0.2, -0.15) is 0 Å². The molecule has 0 aromatic carbocycles. The van der Waals surface area contributed by atoms with Crippen LogP contribution in [0.3, 0.4) is 0 Å². The minimum atomic E-state index is -4.25. The molecule has 0 aliphatic carbocycles. The molecule has 0 saturated carbocycles. The van der Waals surface area contributed by atoms with E-state index in [4.69, 9.17) is 0 Å². The second kappa shape index (κ2) is 18.9. The summed E-state index contributed by atoms with van der Waals surface area (Å²) in [6, 6.07) is 0.